The maximum absolute atomic E-state index is 13.5. The van der Waals surface area contributed by atoms with E-state index in [2.05, 4.69) is 0 Å². The van der Waals surface area contributed by atoms with E-state index in [1.807, 2.05) is 18.2 Å². The molecule has 0 aromatic heterocycles. The second-order valence-electron chi connectivity index (χ2n) is 3.36. The molecule has 0 radical (unpaired) electrons. The highest BCUT2D eigenvalue weighted by Gasteiger charge is 2.31. The van der Waals surface area contributed by atoms with Crippen molar-refractivity contribution in [1.82, 2.24) is 0 Å². The van der Waals surface area contributed by atoms with Crippen molar-refractivity contribution in [3.63, 3.8) is 0 Å². The largest absolute Gasteiger partial charge is 0.287 e. The molecule has 3 heteroatoms. The van der Waals surface area contributed by atoms with Crippen LogP contribution in [0.25, 0.3) is 10.8 Å². The fourth-order valence-electron chi connectivity index (χ4n) is 1.62. The van der Waals surface area contributed by atoms with E-state index in [1.54, 1.807) is 18.2 Å². The third-order valence-corrected chi connectivity index (χ3v) is 2.69. The van der Waals surface area contributed by atoms with E-state index in [0.717, 1.165) is 5.39 Å². The average Bonchev–Trinajstić information content (AvgIpc) is 2.28. The van der Waals surface area contributed by atoms with Gasteiger partial charge in [-0.05, 0) is 10.8 Å². The van der Waals surface area contributed by atoms with Crippen LogP contribution in [0.3, 0.4) is 0 Å². The molecular formula is C12H9ClF2. The highest BCUT2D eigenvalue weighted by atomic mass is 35.5. The molecule has 0 spiro atoms. The van der Waals surface area contributed by atoms with E-state index in [4.69, 9.17) is 11.6 Å². The van der Waals surface area contributed by atoms with Crippen molar-refractivity contribution in [2.24, 2.45) is 0 Å². The molecule has 0 saturated heterocycles. The summed E-state index contributed by atoms with van der Waals surface area (Å²) in [6.45, 7) is 0. The second-order valence-corrected chi connectivity index (χ2v) is 3.63. The Hall–Kier alpha value is -1.15. The van der Waals surface area contributed by atoms with Gasteiger partial charge in [0, 0.05) is 5.56 Å². The molecule has 2 rings (SSSR count). The number of rotatable bonds is 2. The molecule has 0 aliphatic heterocycles. The topological polar surface area (TPSA) is 0 Å². The van der Waals surface area contributed by atoms with Crippen molar-refractivity contribution in [2.75, 3.05) is 5.88 Å². The van der Waals surface area contributed by atoms with Crippen molar-refractivity contribution in [1.29, 1.82) is 0 Å². The fraction of sp³-hybridized carbons (Fsp3) is 0.167. The fourth-order valence-corrected chi connectivity index (χ4v) is 1.76. The Labute approximate surface area is 91.5 Å². The highest BCUT2D eigenvalue weighted by molar-refractivity contribution is 6.18. The first-order valence-electron chi connectivity index (χ1n) is 4.57. The third-order valence-electron chi connectivity index (χ3n) is 2.35. The smallest absolute Gasteiger partial charge is 0.200 e. The minimum Gasteiger partial charge on any atom is -0.200 e. The lowest BCUT2D eigenvalue weighted by Crippen LogP contribution is -2.15. The van der Waals surface area contributed by atoms with E-state index in [0.29, 0.717) is 5.39 Å². The number of hydrogen-bond acceptors (Lipinski definition) is 0. The Morgan fingerprint density at radius 1 is 1.00 bits per heavy atom. The van der Waals surface area contributed by atoms with Gasteiger partial charge in [-0.1, -0.05) is 42.5 Å². The zero-order valence-electron chi connectivity index (χ0n) is 7.88. The van der Waals surface area contributed by atoms with Gasteiger partial charge in [0.2, 0.25) is 0 Å². The molecule has 0 nitrogen and oxygen atoms in total. The van der Waals surface area contributed by atoms with E-state index < -0.39 is 11.8 Å². The van der Waals surface area contributed by atoms with Gasteiger partial charge in [-0.15, -0.1) is 11.6 Å². The van der Waals surface area contributed by atoms with Gasteiger partial charge in [0.15, 0.2) is 0 Å². The summed E-state index contributed by atoms with van der Waals surface area (Å²) in [5.41, 5.74) is -0.00407. The van der Waals surface area contributed by atoms with Crippen LogP contribution in [0.2, 0.25) is 0 Å². The average molecular weight is 227 g/mol. The normalized spacial score (nSPS) is 11.9. The number of hydrogen-bond donors (Lipinski definition) is 0. The van der Waals surface area contributed by atoms with Crippen LogP contribution >= 0.6 is 11.6 Å². The van der Waals surface area contributed by atoms with Crippen LogP contribution < -0.4 is 0 Å². The Bertz CT molecular complexity index is 475. The Balaban J connectivity index is 2.71. The third kappa shape index (κ3) is 1.82. The van der Waals surface area contributed by atoms with Crippen LogP contribution in [0.5, 0.6) is 0 Å². The first kappa shape index (κ1) is 10.4. The zero-order chi connectivity index (χ0) is 10.9. The molecule has 15 heavy (non-hydrogen) atoms. The second kappa shape index (κ2) is 3.78. The van der Waals surface area contributed by atoms with Gasteiger partial charge < -0.3 is 0 Å². The maximum atomic E-state index is 13.5. The summed E-state index contributed by atoms with van der Waals surface area (Å²) in [4.78, 5) is 0. The van der Waals surface area contributed by atoms with E-state index >= 15 is 0 Å². The molecule has 0 bridgehead atoms. The summed E-state index contributed by atoms with van der Waals surface area (Å²) < 4.78 is 27.0. The lowest BCUT2D eigenvalue weighted by Gasteiger charge is -2.15. The number of fused-ring (bicyclic) bond motifs is 1. The summed E-state index contributed by atoms with van der Waals surface area (Å²) in [6.07, 6.45) is 0. The molecule has 0 unspecified atom stereocenters. The van der Waals surface area contributed by atoms with Gasteiger partial charge >= 0.3 is 0 Å². The predicted molar refractivity (Wildman–Crippen MR) is 58.6 cm³/mol. The summed E-state index contributed by atoms with van der Waals surface area (Å²) in [5.74, 6) is -3.66. The first-order valence-corrected chi connectivity index (χ1v) is 5.10. The Morgan fingerprint density at radius 2 is 1.67 bits per heavy atom. The van der Waals surface area contributed by atoms with Crippen molar-refractivity contribution < 1.29 is 8.78 Å². The monoisotopic (exact) mass is 226 g/mol. The van der Waals surface area contributed by atoms with Crippen LogP contribution in [0.4, 0.5) is 8.78 Å². The van der Waals surface area contributed by atoms with Crippen LogP contribution in [-0.4, -0.2) is 5.88 Å². The van der Waals surface area contributed by atoms with Gasteiger partial charge in [0.05, 0.1) is 5.88 Å². The van der Waals surface area contributed by atoms with Gasteiger partial charge in [-0.3, -0.25) is 0 Å². The predicted octanol–water partition coefficient (Wildman–Crippen LogP) is 4.17. The van der Waals surface area contributed by atoms with Gasteiger partial charge in [0.25, 0.3) is 5.92 Å². The molecule has 0 amide bonds. The molecular weight excluding hydrogens is 218 g/mol. The van der Waals surface area contributed by atoms with E-state index in [1.165, 1.54) is 6.07 Å². The molecule has 0 heterocycles. The lowest BCUT2D eigenvalue weighted by molar-refractivity contribution is 0.0232. The van der Waals surface area contributed by atoms with Crippen molar-refractivity contribution >= 4 is 22.4 Å². The van der Waals surface area contributed by atoms with Gasteiger partial charge in [-0.2, -0.15) is 8.78 Å². The van der Waals surface area contributed by atoms with E-state index in [9.17, 15) is 8.78 Å². The zero-order valence-corrected chi connectivity index (χ0v) is 8.64. The first-order chi connectivity index (χ1) is 7.15. The minimum absolute atomic E-state index is 0.00407. The number of halogens is 3. The summed E-state index contributed by atoms with van der Waals surface area (Å²) in [5, 5.41) is 1.37. The highest BCUT2D eigenvalue weighted by Crippen LogP contribution is 2.34. The summed E-state index contributed by atoms with van der Waals surface area (Å²) in [6, 6.07) is 11.9. The molecule has 0 N–H and O–H groups in total. The van der Waals surface area contributed by atoms with Gasteiger partial charge in [0.1, 0.15) is 0 Å². The molecule has 78 valence electrons. The van der Waals surface area contributed by atoms with Crippen molar-refractivity contribution in [3.05, 3.63) is 48.0 Å². The molecule has 2 aromatic rings. The molecule has 0 aliphatic carbocycles. The van der Waals surface area contributed by atoms with Crippen molar-refractivity contribution in [3.8, 4) is 0 Å². The molecule has 0 atom stereocenters. The van der Waals surface area contributed by atoms with Crippen molar-refractivity contribution in [2.45, 2.75) is 5.92 Å². The minimum atomic E-state index is -2.97. The standard InChI is InChI=1S/C12H9ClF2/c13-8-12(14,15)11-7-3-5-9-4-1-2-6-10(9)11/h1-7H,8H2. The van der Waals surface area contributed by atoms with Crippen LogP contribution in [0.1, 0.15) is 5.56 Å². The number of alkyl halides is 3. The SMILES string of the molecule is FC(F)(CCl)c1cccc2ccccc12. The Morgan fingerprint density at radius 3 is 2.40 bits per heavy atom. The van der Waals surface area contributed by atoms with Crippen LogP contribution in [0, 0.1) is 0 Å². The quantitative estimate of drug-likeness (QED) is 0.675. The van der Waals surface area contributed by atoms with E-state index in [-0.39, 0.29) is 5.56 Å². The molecule has 0 fully saturated rings. The van der Waals surface area contributed by atoms with Gasteiger partial charge in [-0.25, -0.2) is 0 Å². The number of benzene rings is 2. The molecule has 2 aromatic carbocycles. The van der Waals surface area contributed by atoms with Crippen LogP contribution in [0.15, 0.2) is 42.5 Å². The summed E-state index contributed by atoms with van der Waals surface area (Å²) in [7, 11) is 0. The molecule has 0 saturated carbocycles. The van der Waals surface area contributed by atoms with Crippen LogP contribution in [-0.2, 0) is 5.92 Å². The summed E-state index contributed by atoms with van der Waals surface area (Å²) >= 11 is 5.28. The molecule has 0 aliphatic rings. The maximum Gasteiger partial charge on any atom is 0.287 e. The lowest BCUT2D eigenvalue weighted by atomic mass is 10.0. The Kier molecular flexibility index (Phi) is 2.61.